The maximum atomic E-state index is 9.83. The SMILES string of the molecule is CCCCCNc1cc(NCCCCC)c(O)cc1O. The van der Waals surface area contributed by atoms with Crippen molar-refractivity contribution in [1.29, 1.82) is 0 Å². The second-order valence-electron chi connectivity index (χ2n) is 5.15. The molecule has 4 N–H and O–H groups in total. The van der Waals surface area contributed by atoms with E-state index in [0.29, 0.717) is 11.4 Å². The lowest BCUT2D eigenvalue weighted by molar-refractivity contribution is 0.453. The van der Waals surface area contributed by atoms with Crippen molar-refractivity contribution in [2.75, 3.05) is 23.7 Å². The molecule has 0 atom stereocenters. The van der Waals surface area contributed by atoms with Crippen LogP contribution in [0.5, 0.6) is 11.5 Å². The third-order valence-corrected chi connectivity index (χ3v) is 3.31. The van der Waals surface area contributed by atoms with Gasteiger partial charge in [0.25, 0.3) is 0 Å². The summed E-state index contributed by atoms with van der Waals surface area (Å²) in [6.07, 6.45) is 6.86. The highest BCUT2D eigenvalue weighted by molar-refractivity contribution is 5.70. The monoisotopic (exact) mass is 280 g/mol. The Morgan fingerprint density at radius 3 is 1.60 bits per heavy atom. The minimum atomic E-state index is 0.0955. The summed E-state index contributed by atoms with van der Waals surface area (Å²) in [7, 11) is 0. The highest BCUT2D eigenvalue weighted by Crippen LogP contribution is 2.34. The number of anilines is 2. The third-order valence-electron chi connectivity index (χ3n) is 3.31. The van der Waals surface area contributed by atoms with Crippen molar-refractivity contribution in [1.82, 2.24) is 0 Å². The molecule has 114 valence electrons. The number of hydrogen-bond acceptors (Lipinski definition) is 4. The molecule has 0 aliphatic heterocycles. The van der Waals surface area contributed by atoms with Crippen LogP contribution in [0.15, 0.2) is 12.1 Å². The zero-order valence-corrected chi connectivity index (χ0v) is 12.7. The van der Waals surface area contributed by atoms with Gasteiger partial charge in [-0.1, -0.05) is 39.5 Å². The smallest absolute Gasteiger partial charge is 0.142 e. The van der Waals surface area contributed by atoms with Gasteiger partial charge in [0.15, 0.2) is 0 Å². The van der Waals surface area contributed by atoms with E-state index in [1.165, 1.54) is 31.7 Å². The molecule has 4 heteroatoms. The molecule has 0 radical (unpaired) electrons. The first kappa shape index (κ1) is 16.5. The number of phenols is 2. The highest BCUT2D eigenvalue weighted by Gasteiger charge is 2.08. The van der Waals surface area contributed by atoms with E-state index in [9.17, 15) is 10.2 Å². The minimum absolute atomic E-state index is 0.0955. The molecule has 20 heavy (non-hydrogen) atoms. The van der Waals surface area contributed by atoms with Crippen molar-refractivity contribution in [3.63, 3.8) is 0 Å². The Bertz CT molecular complexity index is 361. The van der Waals surface area contributed by atoms with Crippen molar-refractivity contribution in [3.05, 3.63) is 12.1 Å². The molecule has 0 aliphatic rings. The van der Waals surface area contributed by atoms with Crippen LogP contribution in [0.4, 0.5) is 11.4 Å². The largest absolute Gasteiger partial charge is 0.506 e. The fraction of sp³-hybridized carbons (Fsp3) is 0.625. The summed E-state index contributed by atoms with van der Waals surface area (Å²) in [6, 6.07) is 3.17. The molecule has 0 aliphatic carbocycles. The van der Waals surface area contributed by atoms with Crippen molar-refractivity contribution in [2.45, 2.75) is 52.4 Å². The van der Waals surface area contributed by atoms with Gasteiger partial charge in [0.2, 0.25) is 0 Å². The van der Waals surface area contributed by atoms with E-state index in [-0.39, 0.29) is 11.5 Å². The number of phenolic OH excluding ortho intramolecular Hbond substituents is 2. The average molecular weight is 280 g/mol. The molecule has 0 spiro atoms. The van der Waals surface area contributed by atoms with Crippen LogP contribution in [-0.4, -0.2) is 23.3 Å². The Morgan fingerprint density at radius 2 is 1.20 bits per heavy atom. The molecule has 0 amide bonds. The van der Waals surface area contributed by atoms with Crippen LogP contribution in [0.3, 0.4) is 0 Å². The van der Waals surface area contributed by atoms with Crippen molar-refractivity contribution < 1.29 is 10.2 Å². The Morgan fingerprint density at radius 1 is 0.750 bits per heavy atom. The quantitative estimate of drug-likeness (QED) is 0.293. The zero-order valence-electron chi connectivity index (χ0n) is 12.7. The third kappa shape index (κ3) is 5.59. The van der Waals surface area contributed by atoms with Crippen LogP contribution >= 0.6 is 0 Å². The summed E-state index contributed by atoms with van der Waals surface area (Å²) in [5.74, 6) is 0.191. The summed E-state index contributed by atoms with van der Waals surface area (Å²) >= 11 is 0. The summed E-state index contributed by atoms with van der Waals surface area (Å²) in [5, 5.41) is 26.1. The Kier molecular flexibility index (Phi) is 7.70. The molecule has 0 saturated heterocycles. The van der Waals surface area contributed by atoms with E-state index in [2.05, 4.69) is 24.5 Å². The van der Waals surface area contributed by atoms with Gasteiger partial charge < -0.3 is 20.8 Å². The van der Waals surface area contributed by atoms with Crippen LogP contribution in [0, 0.1) is 0 Å². The summed E-state index contributed by atoms with van der Waals surface area (Å²) in [5.41, 5.74) is 1.36. The van der Waals surface area contributed by atoms with Crippen LogP contribution in [-0.2, 0) is 0 Å². The Balaban J connectivity index is 2.56. The number of unbranched alkanes of at least 4 members (excludes halogenated alkanes) is 4. The second kappa shape index (κ2) is 9.34. The molecule has 4 nitrogen and oxygen atoms in total. The summed E-state index contributed by atoms with van der Waals surface area (Å²) in [4.78, 5) is 0. The van der Waals surface area contributed by atoms with Gasteiger partial charge >= 0.3 is 0 Å². The van der Waals surface area contributed by atoms with Crippen molar-refractivity contribution in [2.24, 2.45) is 0 Å². The molecular weight excluding hydrogens is 252 g/mol. The molecule has 0 fully saturated rings. The van der Waals surface area contributed by atoms with Gasteiger partial charge in [0, 0.05) is 19.2 Å². The van der Waals surface area contributed by atoms with Gasteiger partial charge in [-0.25, -0.2) is 0 Å². The van der Waals surface area contributed by atoms with Crippen LogP contribution < -0.4 is 10.6 Å². The molecule has 0 heterocycles. The molecule has 1 rings (SSSR count). The van der Waals surface area contributed by atoms with E-state index in [1.807, 2.05) is 0 Å². The topological polar surface area (TPSA) is 64.5 Å². The van der Waals surface area contributed by atoms with Gasteiger partial charge in [-0.3, -0.25) is 0 Å². The number of aromatic hydroxyl groups is 2. The van der Waals surface area contributed by atoms with Crippen molar-refractivity contribution in [3.8, 4) is 11.5 Å². The van der Waals surface area contributed by atoms with E-state index in [0.717, 1.165) is 25.9 Å². The predicted octanol–water partition coefficient (Wildman–Crippen LogP) is 4.30. The lowest BCUT2D eigenvalue weighted by Gasteiger charge is -2.13. The lowest BCUT2D eigenvalue weighted by atomic mass is 10.2. The van der Waals surface area contributed by atoms with Crippen LogP contribution in [0.1, 0.15) is 52.4 Å². The maximum absolute atomic E-state index is 9.83. The first-order valence-electron chi connectivity index (χ1n) is 7.72. The van der Waals surface area contributed by atoms with Gasteiger partial charge in [-0.15, -0.1) is 0 Å². The standard InChI is InChI=1S/C16H28N2O2/c1-3-5-7-9-17-13-11-14(16(20)12-15(13)19)18-10-8-6-4-2/h11-12,17-20H,3-10H2,1-2H3. The molecule has 1 aromatic carbocycles. The van der Waals surface area contributed by atoms with E-state index < -0.39 is 0 Å². The first-order valence-corrected chi connectivity index (χ1v) is 7.72. The molecule has 0 unspecified atom stereocenters. The zero-order chi connectivity index (χ0) is 14.8. The van der Waals surface area contributed by atoms with Gasteiger partial charge in [0.1, 0.15) is 11.5 Å². The van der Waals surface area contributed by atoms with E-state index >= 15 is 0 Å². The number of nitrogens with one attached hydrogen (secondary N) is 2. The predicted molar refractivity (Wildman–Crippen MR) is 85.8 cm³/mol. The number of benzene rings is 1. The van der Waals surface area contributed by atoms with Gasteiger partial charge in [-0.2, -0.15) is 0 Å². The molecular formula is C16H28N2O2. The summed E-state index contributed by atoms with van der Waals surface area (Å²) in [6.45, 7) is 6.00. The van der Waals surface area contributed by atoms with E-state index in [1.54, 1.807) is 6.07 Å². The highest BCUT2D eigenvalue weighted by atomic mass is 16.3. The molecule has 1 aromatic rings. The molecule has 0 bridgehead atoms. The summed E-state index contributed by atoms with van der Waals surface area (Å²) < 4.78 is 0. The second-order valence-corrected chi connectivity index (χ2v) is 5.15. The number of hydrogen-bond donors (Lipinski definition) is 4. The van der Waals surface area contributed by atoms with Gasteiger partial charge in [-0.05, 0) is 18.9 Å². The lowest BCUT2D eigenvalue weighted by Crippen LogP contribution is -2.05. The first-order chi connectivity index (χ1) is 9.69. The molecule has 0 saturated carbocycles. The van der Waals surface area contributed by atoms with Crippen molar-refractivity contribution >= 4 is 11.4 Å². The van der Waals surface area contributed by atoms with Crippen LogP contribution in [0.2, 0.25) is 0 Å². The Labute approximate surface area is 122 Å². The Hall–Kier alpha value is -1.58. The number of rotatable bonds is 10. The van der Waals surface area contributed by atoms with E-state index in [4.69, 9.17) is 0 Å². The normalized spacial score (nSPS) is 10.5. The van der Waals surface area contributed by atoms with Gasteiger partial charge in [0.05, 0.1) is 11.4 Å². The molecule has 0 aromatic heterocycles. The minimum Gasteiger partial charge on any atom is -0.506 e. The fourth-order valence-corrected chi connectivity index (χ4v) is 2.06. The maximum Gasteiger partial charge on any atom is 0.142 e. The average Bonchev–Trinajstić information content (AvgIpc) is 2.43. The fourth-order valence-electron chi connectivity index (χ4n) is 2.06. The van der Waals surface area contributed by atoms with Crippen LogP contribution in [0.25, 0.3) is 0 Å².